The predicted octanol–water partition coefficient (Wildman–Crippen LogP) is 1.39. The van der Waals surface area contributed by atoms with Gasteiger partial charge in [-0.1, -0.05) is 0 Å². The summed E-state index contributed by atoms with van der Waals surface area (Å²) in [5.41, 5.74) is 0. The Morgan fingerprint density at radius 1 is 1.25 bits per heavy atom. The molecule has 3 heterocycles. The van der Waals surface area contributed by atoms with Gasteiger partial charge in [0.2, 0.25) is 0 Å². The summed E-state index contributed by atoms with van der Waals surface area (Å²) >= 11 is 0. The SMILES string of the molecule is Cc1ccc([C@@H](CNC(=O)N2CCOC[C@H]2C)N2CCOCC2)o1. The Balaban J connectivity index is 1.64. The van der Waals surface area contributed by atoms with Gasteiger partial charge in [0.25, 0.3) is 0 Å². The molecule has 7 heteroatoms. The molecular formula is C17H27N3O4. The van der Waals surface area contributed by atoms with Crippen molar-refractivity contribution >= 4 is 6.03 Å². The molecule has 0 aromatic carbocycles. The molecule has 0 radical (unpaired) electrons. The zero-order valence-corrected chi connectivity index (χ0v) is 14.5. The van der Waals surface area contributed by atoms with E-state index in [9.17, 15) is 4.79 Å². The van der Waals surface area contributed by atoms with E-state index >= 15 is 0 Å². The van der Waals surface area contributed by atoms with E-state index < -0.39 is 0 Å². The van der Waals surface area contributed by atoms with Gasteiger partial charge in [-0.2, -0.15) is 0 Å². The average molecular weight is 337 g/mol. The molecule has 7 nitrogen and oxygen atoms in total. The molecule has 1 aromatic heterocycles. The van der Waals surface area contributed by atoms with Crippen LogP contribution in [0.15, 0.2) is 16.5 Å². The minimum atomic E-state index is -0.0349. The number of carbonyl (C=O) groups is 1. The van der Waals surface area contributed by atoms with Crippen molar-refractivity contribution in [3.05, 3.63) is 23.7 Å². The number of rotatable bonds is 4. The van der Waals surface area contributed by atoms with Crippen LogP contribution in [-0.4, -0.2) is 74.5 Å². The summed E-state index contributed by atoms with van der Waals surface area (Å²) in [5.74, 6) is 1.78. The van der Waals surface area contributed by atoms with Crippen molar-refractivity contribution in [1.82, 2.24) is 15.1 Å². The fourth-order valence-corrected chi connectivity index (χ4v) is 3.25. The number of hydrogen-bond acceptors (Lipinski definition) is 5. The maximum atomic E-state index is 12.5. The summed E-state index contributed by atoms with van der Waals surface area (Å²) in [6.07, 6.45) is 0. The van der Waals surface area contributed by atoms with Crippen LogP contribution in [0.25, 0.3) is 0 Å². The van der Waals surface area contributed by atoms with Gasteiger partial charge in [-0.25, -0.2) is 4.79 Å². The number of amides is 2. The molecule has 24 heavy (non-hydrogen) atoms. The standard InChI is InChI=1S/C17H27N3O4/c1-13-12-23-10-7-20(13)17(21)18-11-15(16-4-3-14(2)24-16)19-5-8-22-9-6-19/h3-4,13,15H,5-12H2,1-2H3,(H,18,21)/t13-,15-/m1/s1. The van der Waals surface area contributed by atoms with E-state index in [2.05, 4.69) is 10.2 Å². The van der Waals surface area contributed by atoms with Crippen LogP contribution >= 0.6 is 0 Å². The van der Waals surface area contributed by atoms with Crippen molar-refractivity contribution in [3.63, 3.8) is 0 Å². The second-order valence-corrected chi connectivity index (χ2v) is 6.42. The Morgan fingerprint density at radius 2 is 2.00 bits per heavy atom. The van der Waals surface area contributed by atoms with E-state index in [1.54, 1.807) is 0 Å². The first-order chi connectivity index (χ1) is 11.6. The number of morpholine rings is 2. The lowest BCUT2D eigenvalue weighted by molar-refractivity contribution is 0.00842. The number of urea groups is 1. The molecule has 134 valence electrons. The van der Waals surface area contributed by atoms with Crippen LogP contribution in [-0.2, 0) is 9.47 Å². The highest BCUT2D eigenvalue weighted by Crippen LogP contribution is 2.23. The lowest BCUT2D eigenvalue weighted by Gasteiger charge is -2.36. The van der Waals surface area contributed by atoms with Gasteiger partial charge in [-0.3, -0.25) is 4.90 Å². The lowest BCUT2D eigenvalue weighted by Crippen LogP contribution is -2.53. The molecule has 0 unspecified atom stereocenters. The van der Waals surface area contributed by atoms with E-state index in [4.69, 9.17) is 13.9 Å². The molecule has 2 amide bonds. The Kier molecular flexibility index (Phi) is 5.76. The summed E-state index contributed by atoms with van der Waals surface area (Å²) < 4.78 is 16.7. The highest BCUT2D eigenvalue weighted by atomic mass is 16.5. The van der Waals surface area contributed by atoms with Gasteiger partial charge < -0.3 is 24.1 Å². The topological polar surface area (TPSA) is 67.2 Å². The first kappa shape index (κ1) is 17.3. The summed E-state index contributed by atoms with van der Waals surface area (Å²) in [6, 6.07) is 4.06. The molecule has 2 saturated heterocycles. The lowest BCUT2D eigenvalue weighted by atomic mass is 10.1. The van der Waals surface area contributed by atoms with Gasteiger partial charge in [0.15, 0.2) is 0 Å². The molecule has 2 atom stereocenters. The van der Waals surface area contributed by atoms with Gasteiger partial charge in [0.05, 0.1) is 38.5 Å². The van der Waals surface area contributed by atoms with Crippen molar-refractivity contribution in [2.24, 2.45) is 0 Å². The van der Waals surface area contributed by atoms with Crippen LogP contribution in [0, 0.1) is 6.92 Å². The van der Waals surface area contributed by atoms with Crippen molar-refractivity contribution in [3.8, 4) is 0 Å². The predicted molar refractivity (Wildman–Crippen MR) is 89.0 cm³/mol. The molecular weight excluding hydrogens is 310 g/mol. The van der Waals surface area contributed by atoms with Crippen LogP contribution < -0.4 is 5.32 Å². The van der Waals surface area contributed by atoms with E-state index in [1.165, 1.54) is 0 Å². The highest BCUT2D eigenvalue weighted by molar-refractivity contribution is 5.74. The number of furan rings is 1. The molecule has 2 fully saturated rings. The molecule has 1 aromatic rings. The third kappa shape index (κ3) is 4.09. The second kappa shape index (κ2) is 8.00. The summed E-state index contributed by atoms with van der Waals surface area (Å²) in [7, 11) is 0. The summed E-state index contributed by atoms with van der Waals surface area (Å²) in [4.78, 5) is 16.7. The third-order valence-corrected chi connectivity index (χ3v) is 4.65. The van der Waals surface area contributed by atoms with Gasteiger partial charge in [0.1, 0.15) is 11.5 Å². The molecule has 0 bridgehead atoms. The first-order valence-electron chi connectivity index (χ1n) is 8.65. The molecule has 2 aliphatic heterocycles. The van der Waals surface area contributed by atoms with E-state index in [-0.39, 0.29) is 18.1 Å². The van der Waals surface area contributed by atoms with Crippen molar-refractivity contribution < 1.29 is 18.7 Å². The Bertz CT molecular complexity index is 542. The zero-order valence-electron chi connectivity index (χ0n) is 14.5. The van der Waals surface area contributed by atoms with Gasteiger partial charge in [0, 0.05) is 26.2 Å². The number of nitrogens with one attached hydrogen (secondary N) is 1. The van der Waals surface area contributed by atoms with Gasteiger partial charge >= 0.3 is 6.03 Å². The zero-order chi connectivity index (χ0) is 16.9. The van der Waals surface area contributed by atoms with Gasteiger partial charge in [-0.15, -0.1) is 0 Å². The quantitative estimate of drug-likeness (QED) is 0.899. The minimum absolute atomic E-state index is 0.0305. The monoisotopic (exact) mass is 337 g/mol. The van der Waals surface area contributed by atoms with Crippen molar-refractivity contribution in [2.75, 3.05) is 52.6 Å². The number of hydrogen-bond donors (Lipinski definition) is 1. The second-order valence-electron chi connectivity index (χ2n) is 6.42. The number of carbonyl (C=O) groups excluding carboxylic acids is 1. The van der Waals surface area contributed by atoms with Crippen LogP contribution in [0.2, 0.25) is 0 Å². The van der Waals surface area contributed by atoms with Crippen LogP contribution in [0.5, 0.6) is 0 Å². The summed E-state index contributed by atoms with van der Waals surface area (Å²) in [6.45, 7) is 9.41. The van der Waals surface area contributed by atoms with Crippen LogP contribution in [0.4, 0.5) is 4.79 Å². The van der Waals surface area contributed by atoms with Crippen LogP contribution in [0.1, 0.15) is 24.5 Å². The molecule has 0 spiro atoms. The average Bonchev–Trinajstić information content (AvgIpc) is 3.02. The molecule has 3 rings (SSSR count). The van der Waals surface area contributed by atoms with Gasteiger partial charge in [-0.05, 0) is 26.0 Å². The Hall–Kier alpha value is -1.57. The normalized spacial score (nSPS) is 23.9. The third-order valence-electron chi connectivity index (χ3n) is 4.65. The Labute approximate surface area is 142 Å². The largest absolute Gasteiger partial charge is 0.465 e. The minimum Gasteiger partial charge on any atom is -0.465 e. The molecule has 0 aliphatic carbocycles. The maximum Gasteiger partial charge on any atom is 0.317 e. The summed E-state index contributed by atoms with van der Waals surface area (Å²) in [5, 5.41) is 3.08. The highest BCUT2D eigenvalue weighted by Gasteiger charge is 2.28. The first-order valence-corrected chi connectivity index (χ1v) is 8.65. The van der Waals surface area contributed by atoms with E-state index in [1.807, 2.05) is 30.9 Å². The van der Waals surface area contributed by atoms with E-state index in [0.29, 0.717) is 39.5 Å². The fourth-order valence-electron chi connectivity index (χ4n) is 3.25. The maximum absolute atomic E-state index is 12.5. The number of ether oxygens (including phenoxy) is 2. The van der Waals surface area contributed by atoms with Crippen LogP contribution in [0.3, 0.4) is 0 Å². The Morgan fingerprint density at radius 3 is 2.67 bits per heavy atom. The fraction of sp³-hybridized carbons (Fsp3) is 0.706. The molecule has 0 saturated carbocycles. The number of aryl methyl sites for hydroxylation is 1. The molecule has 2 aliphatic rings. The van der Waals surface area contributed by atoms with E-state index in [0.717, 1.165) is 24.6 Å². The molecule has 1 N–H and O–H groups in total. The van der Waals surface area contributed by atoms with Crippen molar-refractivity contribution in [1.29, 1.82) is 0 Å². The smallest absolute Gasteiger partial charge is 0.317 e. The van der Waals surface area contributed by atoms with Crippen molar-refractivity contribution in [2.45, 2.75) is 25.9 Å². The number of nitrogens with zero attached hydrogens (tertiary/aromatic N) is 2.